The van der Waals surface area contributed by atoms with Gasteiger partial charge in [0, 0.05) is 17.5 Å². The van der Waals surface area contributed by atoms with Crippen LogP contribution in [0.3, 0.4) is 0 Å². The van der Waals surface area contributed by atoms with Crippen LogP contribution in [0.4, 0.5) is 0 Å². The van der Waals surface area contributed by atoms with E-state index in [1.165, 1.54) is 11.1 Å². The lowest BCUT2D eigenvalue weighted by molar-refractivity contribution is 0.376. The van der Waals surface area contributed by atoms with Crippen LogP contribution in [0, 0.1) is 55.4 Å². The van der Waals surface area contributed by atoms with Crippen molar-refractivity contribution in [2.45, 2.75) is 61.8 Å². The van der Waals surface area contributed by atoms with E-state index in [1.54, 1.807) is 0 Å². The Labute approximate surface area is 302 Å². The predicted octanol–water partition coefficient (Wildman–Crippen LogP) is 12.7. The first-order valence-electron chi connectivity index (χ1n) is 17.1. The number of aryl methyl sites for hydroxylation is 8. The Kier molecular flexibility index (Phi) is 8.57. The van der Waals surface area contributed by atoms with Gasteiger partial charge < -0.3 is 27.1 Å². The molecule has 0 aromatic heterocycles. The van der Waals surface area contributed by atoms with E-state index in [0.29, 0.717) is 17.9 Å². The SMILES string of the molecule is Cc1cc(C)c2c(c1)Cc1cc(C)cc(C)c1OP(Oc1c(C)cc(C)cc1-c1cc(C)cc(C)c1OP1Oc3cccc4cccc(c34)O1)O2. The van der Waals surface area contributed by atoms with Crippen molar-refractivity contribution in [2.75, 3.05) is 0 Å². The van der Waals surface area contributed by atoms with Gasteiger partial charge in [-0.15, -0.1) is 0 Å². The lowest BCUT2D eigenvalue weighted by Crippen LogP contribution is -2.11. The highest BCUT2D eigenvalue weighted by atomic mass is 31.2. The molecule has 6 aromatic carbocycles. The Hall–Kier alpha value is -4.76. The summed E-state index contributed by atoms with van der Waals surface area (Å²) in [5.41, 5.74) is 12.6. The summed E-state index contributed by atoms with van der Waals surface area (Å²) in [6.45, 7) is 16.7. The third-order valence-electron chi connectivity index (χ3n) is 9.34. The maximum atomic E-state index is 6.96. The van der Waals surface area contributed by atoms with Crippen LogP contribution in [0.25, 0.3) is 21.9 Å². The summed E-state index contributed by atoms with van der Waals surface area (Å²) in [5, 5.41) is 2.01. The molecule has 0 radical (unpaired) electrons. The Morgan fingerprint density at radius 2 is 0.882 bits per heavy atom. The fourth-order valence-corrected chi connectivity index (χ4v) is 9.81. The van der Waals surface area contributed by atoms with Crippen LogP contribution in [-0.4, -0.2) is 0 Å². The van der Waals surface area contributed by atoms with Gasteiger partial charge in [0.1, 0.15) is 34.5 Å². The molecule has 0 saturated heterocycles. The monoisotopic (exact) mass is 714 g/mol. The van der Waals surface area contributed by atoms with Gasteiger partial charge in [-0.25, -0.2) is 0 Å². The predicted molar refractivity (Wildman–Crippen MR) is 207 cm³/mol. The summed E-state index contributed by atoms with van der Waals surface area (Å²) in [6.07, 6.45) is 0.711. The molecule has 2 aliphatic rings. The fraction of sp³-hybridized carbons (Fsp3) is 0.209. The summed E-state index contributed by atoms with van der Waals surface area (Å²) in [4.78, 5) is 0. The highest BCUT2D eigenvalue weighted by Crippen LogP contribution is 2.56. The van der Waals surface area contributed by atoms with Crippen molar-refractivity contribution in [1.29, 1.82) is 0 Å². The number of hydrogen-bond acceptors (Lipinski definition) is 6. The van der Waals surface area contributed by atoms with Crippen molar-refractivity contribution in [3.63, 3.8) is 0 Å². The van der Waals surface area contributed by atoms with Crippen LogP contribution >= 0.6 is 17.2 Å². The molecular formula is C43H40O6P2. The molecule has 0 spiro atoms. The fourth-order valence-electron chi connectivity index (χ4n) is 7.36. The topological polar surface area (TPSA) is 55.4 Å². The maximum absolute atomic E-state index is 6.96. The molecule has 0 aliphatic carbocycles. The van der Waals surface area contributed by atoms with Crippen LogP contribution in [-0.2, 0) is 6.42 Å². The second kappa shape index (κ2) is 13.1. The molecule has 2 heterocycles. The molecule has 0 atom stereocenters. The van der Waals surface area contributed by atoms with Gasteiger partial charge >= 0.3 is 17.2 Å². The first kappa shape index (κ1) is 33.4. The van der Waals surface area contributed by atoms with Crippen LogP contribution in [0.5, 0.6) is 34.5 Å². The molecule has 2 aliphatic heterocycles. The molecule has 0 unspecified atom stereocenters. The average Bonchev–Trinajstić information content (AvgIpc) is 3.05. The van der Waals surface area contributed by atoms with E-state index in [2.05, 4.69) is 116 Å². The van der Waals surface area contributed by atoms with Gasteiger partial charge in [-0.1, -0.05) is 71.8 Å². The normalized spacial score (nSPS) is 13.9. The third-order valence-corrected chi connectivity index (χ3v) is 11.4. The minimum atomic E-state index is -1.92. The lowest BCUT2D eigenvalue weighted by atomic mass is 9.95. The van der Waals surface area contributed by atoms with E-state index < -0.39 is 17.2 Å². The molecule has 0 saturated carbocycles. The largest absolute Gasteiger partial charge is 0.530 e. The van der Waals surface area contributed by atoms with E-state index in [0.717, 1.165) is 89.4 Å². The van der Waals surface area contributed by atoms with E-state index in [9.17, 15) is 0 Å². The zero-order chi connectivity index (χ0) is 35.6. The Bertz CT molecular complexity index is 2270. The second-order valence-electron chi connectivity index (χ2n) is 13.8. The third kappa shape index (κ3) is 6.37. The summed E-state index contributed by atoms with van der Waals surface area (Å²) in [7, 11) is -3.72. The lowest BCUT2D eigenvalue weighted by Gasteiger charge is -2.28. The summed E-state index contributed by atoms with van der Waals surface area (Å²) in [5.74, 6) is 4.47. The van der Waals surface area contributed by atoms with Crippen molar-refractivity contribution in [3.05, 3.63) is 141 Å². The van der Waals surface area contributed by atoms with Gasteiger partial charge in [-0.05, 0) is 130 Å². The van der Waals surface area contributed by atoms with Gasteiger partial charge in [0.05, 0.1) is 5.39 Å². The van der Waals surface area contributed by atoms with Crippen LogP contribution in [0.2, 0.25) is 0 Å². The van der Waals surface area contributed by atoms with Gasteiger partial charge in [0.25, 0.3) is 0 Å². The van der Waals surface area contributed by atoms with Crippen molar-refractivity contribution in [2.24, 2.45) is 0 Å². The molecule has 51 heavy (non-hydrogen) atoms. The smallest absolute Gasteiger partial charge is 0.408 e. The van der Waals surface area contributed by atoms with Gasteiger partial charge in [0.15, 0.2) is 0 Å². The van der Waals surface area contributed by atoms with E-state index >= 15 is 0 Å². The molecule has 8 heteroatoms. The molecule has 258 valence electrons. The first-order valence-corrected chi connectivity index (χ1v) is 19.3. The maximum Gasteiger partial charge on any atom is 0.530 e. The van der Waals surface area contributed by atoms with E-state index in [1.807, 2.05) is 24.3 Å². The number of benzene rings is 6. The zero-order valence-electron chi connectivity index (χ0n) is 30.1. The molecule has 0 bridgehead atoms. The Balaban J connectivity index is 1.21. The zero-order valence-corrected chi connectivity index (χ0v) is 31.9. The van der Waals surface area contributed by atoms with Crippen molar-refractivity contribution in [1.82, 2.24) is 0 Å². The summed E-state index contributed by atoms with van der Waals surface area (Å²) in [6, 6.07) is 29.2. The van der Waals surface area contributed by atoms with Crippen molar-refractivity contribution >= 4 is 28.0 Å². The van der Waals surface area contributed by atoms with Gasteiger partial charge in [-0.3, -0.25) is 0 Å². The average molecular weight is 715 g/mol. The molecular weight excluding hydrogens is 674 g/mol. The van der Waals surface area contributed by atoms with Crippen LogP contribution < -0.4 is 27.1 Å². The summed E-state index contributed by atoms with van der Waals surface area (Å²) < 4.78 is 39.9. The van der Waals surface area contributed by atoms with Gasteiger partial charge in [0.2, 0.25) is 0 Å². The molecule has 0 fully saturated rings. The van der Waals surface area contributed by atoms with Crippen LogP contribution in [0.15, 0.2) is 84.9 Å². The standard InChI is InChI=1S/C43H40O6P2/c1-24-15-28(5)40-33(19-24)23-34-20-25(2)16-29(6)41(34)47-51(46-40)49-43-31(8)18-27(4)22-36(43)35-21-26(3)17-30(7)42(35)48-50-44-37-13-9-11-32-12-10-14-38(45-50)39(32)37/h9-22H,23H2,1-8H3. The quantitative estimate of drug-likeness (QED) is 0.166. The highest BCUT2D eigenvalue weighted by molar-refractivity contribution is 7.43. The van der Waals surface area contributed by atoms with Crippen molar-refractivity contribution in [3.8, 4) is 45.6 Å². The molecule has 8 rings (SSSR count). The van der Waals surface area contributed by atoms with Gasteiger partial charge in [-0.2, -0.15) is 0 Å². The number of rotatable bonds is 5. The van der Waals surface area contributed by atoms with Crippen LogP contribution in [0.1, 0.15) is 55.6 Å². The highest BCUT2D eigenvalue weighted by Gasteiger charge is 2.33. The molecule has 6 aromatic rings. The number of fused-ring (bicyclic) bond motifs is 2. The van der Waals surface area contributed by atoms with Crippen molar-refractivity contribution < 1.29 is 27.1 Å². The molecule has 0 amide bonds. The van der Waals surface area contributed by atoms with E-state index in [-0.39, 0.29) is 0 Å². The molecule has 6 nitrogen and oxygen atoms in total. The molecule has 0 N–H and O–H groups in total. The number of hydrogen-bond donors (Lipinski definition) is 0. The van der Waals surface area contributed by atoms with E-state index in [4.69, 9.17) is 27.1 Å². The second-order valence-corrected chi connectivity index (χ2v) is 15.8. The minimum absolute atomic E-state index is 0.674. The summed E-state index contributed by atoms with van der Waals surface area (Å²) >= 11 is 0. The first-order chi connectivity index (χ1) is 24.5. The Morgan fingerprint density at radius 1 is 0.471 bits per heavy atom. The Morgan fingerprint density at radius 3 is 1.35 bits per heavy atom. The minimum Gasteiger partial charge on any atom is -0.408 e.